The molecule has 36 heavy (non-hydrogen) atoms. The highest BCUT2D eigenvalue weighted by Crippen LogP contribution is 2.36. The van der Waals surface area contributed by atoms with E-state index in [1.165, 1.54) is 35.2 Å². The highest BCUT2D eigenvalue weighted by Gasteiger charge is 2.36. The van der Waals surface area contributed by atoms with Crippen LogP contribution in [0.4, 0.5) is 10.1 Å². The number of benzene rings is 3. The van der Waals surface area contributed by atoms with E-state index in [0.29, 0.717) is 30.3 Å². The average Bonchev–Trinajstić information content (AvgIpc) is 3.41. The van der Waals surface area contributed by atoms with Crippen LogP contribution in [0.5, 0.6) is 17.2 Å². The van der Waals surface area contributed by atoms with Crippen LogP contribution in [0.2, 0.25) is 0 Å². The number of para-hydroxylation sites is 1. The van der Waals surface area contributed by atoms with Gasteiger partial charge in [0.15, 0.2) is 11.5 Å². The molecular weight excluding hydrogens is 463 g/mol. The van der Waals surface area contributed by atoms with Crippen LogP contribution in [0.25, 0.3) is 0 Å². The van der Waals surface area contributed by atoms with Crippen LogP contribution in [-0.4, -0.2) is 36.2 Å². The minimum absolute atomic E-state index is 0.0102. The fourth-order valence-electron chi connectivity index (χ4n) is 4.75. The number of phenols is 1. The van der Waals surface area contributed by atoms with E-state index in [1.54, 1.807) is 36.4 Å². The van der Waals surface area contributed by atoms with Crippen molar-refractivity contribution < 1.29 is 28.6 Å². The molecule has 1 unspecified atom stereocenters. The number of ether oxygens (including phenoxy) is 2. The van der Waals surface area contributed by atoms with Crippen molar-refractivity contribution in [1.82, 2.24) is 5.32 Å². The van der Waals surface area contributed by atoms with Gasteiger partial charge in [0, 0.05) is 11.6 Å². The lowest BCUT2D eigenvalue weighted by atomic mass is 10.0. The second-order valence-electron chi connectivity index (χ2n) is 8.97. The fourth-order valence-corrected chi connectivity index (χ4v) is 4.75. The largest absolute Gasteiger partial charge is 0.508 e. The van der Waals surface area contributed by atoms with Gasteiger partial charge in [-0.25, -0.2) is 4.39 Å². The predicted molar refractivity (Wildman–Crippen MR) is 132 cm³/mol. The minimum atomic E-state index is -1.18. The molecule has 186 valence electrons. The summed E-state index contributed by atoms with van der Waals surface area (Å²) >= 11 is 0. The highest BCUT2D eigenvalue weighted by atomic mass is 19.1. The molecule has 2 amide bonds. The Kier molecular flexibility index (Phi) is 6.75. The van der Waals surface area contributed by atoms with Gasteiger partial charge in [0.2, 0.25) is 5.91 Å². The van der Waals surface area contributed by atoms with Gasteiger partial charge in [0.05, 0.1) is 5.69 Å². The summed E-state index contributed by atoms with van der Waals surface area (Å²) in [5.74, 6) is -0.676. The third-order valence-electron chi connectivity index (χ3n) is 6.54. The number of nitrogens with zero attached hydrogens (tertiary/aromatic N) is 1. The molecule has 1 aliphatic carbocycles. The smallest absolute Gasteiger partial charge is 0.259 e. The number of nitrogens with one attached hydrogen (secondary N) is 1. The number of aromatic hydroxyl groups is 1. The third-order valence-corrected chi connectivity index (χ3v) is 6.54. The van der Waals surface area contributed by atoms with Crippen LogP contribution in [0.3, 0.4) is 0 Å². The first-order chi connectivity index (χ1) is 17.5. The summed E-state index contributed by atoms with van der Waals surface area (Å²) in [5.41, 5.74) is 0.634. The van der Waals surface area contributed by atoms with Crippen molar-refractivity contribution in [2.75, 3.05) is 18.1 Å². The first-order valence-corrected chi connectivity index (χ1v) is 12.1. The number of rotatable bonds is 6. The van der Waals surface area contributed by atoms with E-state index in [1.807, 2.05) is 0 Å². The molecule has 1 saturated carbocycles. The maximum atomic E-state index is 15.2. The number of amides is 2. The molecule has 1 atom stereocenters. The summed E-state index contributed by atoms with van der Waals surface area (Å²) in [5, 5.41) is 12.9. The maximum absolute atomic E-state index is 15.2. The van der Waals surface area contributed by atoms with Gasteiger partial charge < -0.3 is 19.9 Å². The molecule has 7 nitrogen and oxygen atoms in total. The van der Waals surface area contributed by atoms with Gasteiger partial charge in [-0.05, 0) is 60.9 Å². The van der Waals surface area contributed by atoms with Gasteiger partial charge in [-0.1, -0.05) is 37.1 Å². The van der Waals surface area contributed by atoms with E-state index < -0.39 is 23.7 Å². The molecule has 8 heteroatoms. The van der Waals surface area contributed by atoms with Crippen LogP contribution in [0.1, 0.15) is 47.6 Å². The number of hydrogen-bond donors (Lipinski definition) is 2. The monoisotopic (exact) mass is 490 g/mol. The zero-order valence-corrected chi connectivity index (χ0v) is 19.7. The highest BCUT2D eigenvalue weighted by molar-refractivity contribution is 6.10. The first kappa shape index (κ1) is 23.7. The minimum Gasteiger partial charge on any atom is -0.508 e. The Balaban J connectivity index is 1.61. The summed E-state index contributed by atoms with van der Waals surface area (Å²) in [4.78, 5) is 29.0. The standard InChI is InChI=1S/C28H27FN2O5/c29-22-7-3-4-8-23(22)31(28(34)19-11-14-24-25(17-19)36-16-15-35-24)26(18-9-12-21(32)13-10-18)27(33)30-20-5-1-2-6-20/h3-4,7-14,17,20,26,32H,1-2,5-6,15-16H2,(H,30,33). The molecule has 5 rings (SSSR count). The number of anilines is 1. The Labute approximate surface area is 208 Å². The van der Waals surface area contributed by atoms with Crippen molar-refractivity contribution in [2.24, 2.45) is 0 Å². The SMILES string of the molecule is O=C(NC1CCCC1)C(c1ccc(O)cc1)N(C(=O)c1ccc2c(c1)OCCO2)c1ccccc1F. The maximum Gasteiger partial charge on any atom is 0.259 e. The van der Waals surface area contributed by atoms with E-state index in [4.69, 9.17) is 9.47 Å². The van der Waals surface area contributed by atoms with Gasteiger partial charge >= 0.3 is 0 Å². The summed E-state index contributed by atoms with van der Waals surface area (Å²) in [6, 6.07) is 15.5. The molecule has 3 aromatic carbocycles. The zero-order valence-electron chi connectivity index (χ0n) is 19.7. The van der Waals surface area contributed by atoms with Crippen LogP contribution >= 0.6 is 0 Å². The third kappa shape index (κ3) is 4.84. The Hall–Kier alpha value is -4.07. The number of carbonyl (C=O) groups excluding carboxylic acids is 2. The summed E-state index contributed by atoms with van der Waals surface area (Å²) < 4.78 is 26.4. The number of fused-ring (bicyclic) bond motifs is 1. The summed E-state index contributed by atoms with van der Waals surface area (Å²) in [7, 11) is 0. The van der Waals surface area contributed by atoms with Gasteiger partial charge in [0.1, 0.15) is 30.8 Å². The van der Waals surface area contributed by atoms with E-state index >= 15 is 4.39 Å². The predicted octanol–water partition coefficient (Wildman–Crippen LogP) is 4.75. The van der Waals surface area contributed by atoms with Crippen molar-refractivity contribution >= 4 is 17.5 Å². The Bertz CT molecular complexity index is 1260. The molecule has 1 heterocycles. The summed E-state index contributed by atoms with van der Waals surface area (Å²) in [6.07, 6.45) is 3.73. The zero-order chi connectivity index (χ0) is 25.1. The van der Waals surface area contributed by atoms with Crippen molar-refractivity contribution in [1.29, 1.82) is 0 Å². The van der Waals surface area contributed by atoms with Crippen molar-refractivity contribution in [3.05, 3.63) is 83.7 Å². The normalized spacial score (nSPS) is 15.8. The van der Waals surface area contributed by atoms with Gasteiger partial charge in [-0.15, -0.1) is 0 Å². The van der Waals surface area contributed by atoms with Crippen molar-refractivity contribution in [3.63, 3.8) is 0 Å². The quantitative estimate of drug-likeness (QED) is 0.521. The number of phenolic OH excluding ortho intramolecular Hbond substituents is 1. The summed E-state index contributed by atoms with van der Waals surface area (Å²) in [6.45, 7) is 0.757. The lowest BCUT2D eigenvalue weighted by molar-refractivity contribution is -0.123. The first-order valence-electron chi connectivity index (χ1n) is 12.1. The average molecular weight is 491 g/mol. The molecule has 0 radical (unpaired) electrons. The van der Waals surface area contributed by atoms with E-state index in [0.717, 1.165) is 25.7 Å². The molecule has 0 saturated heterocycles. The molecule has 3 aromatic rings. The lowest BCUT2D eigenvalue weighted by Crippen LogP contribution is -2.46. The van der Waals surface area contributed by atoms with Crippen LogP contribution < -0.4 is 19.7 Å². The van der Waals surface area contributed by atoms with Crippen LogP contribution in [0, 0.1) is 5.82 Å². The molecular formula is C28H27FN2O5. The second kappa shape index (κ2) is 10.3. The molecule has 1 fully saturated rings. The van der Waals surface area contributed by atoms with Crippen molar-refractivity contribution in [2.45, 2.75) is 37.8 Å². The molecule has 0 bridgehead atoms. The molecule has 1 aliphatic heterocycles. The molecule has 2 aliphatic rings. The Morgan fingerprint density at radius 3 is 2.36 bits per heavy atom. The second-order valence-corrected chi connectivity index (χ2v) is 8.97. The van der Waals surface area contributed by atoms with Gasteiger partial charge in [0.25, 0.3) is 5.91 Å². The molecule has 0 spiro atoms. The van der Waals surface area contributed by atoms with Crippen molar-refractivity contribution in [3.8, 4) is 17.2 Å². The van der Waals surface area contributed by atoms with E-state index in [2.05, 4.69) is 5.32 Å². The number of carbonyl (C=O) groups is 2. The van der Waals surface area contributed by atoms with E-state index in [9.17, 15) is 14.7 Å². The van der Waals surface area contributed by atoms with Gasteiger partial charge in [-0.3, -0.25) is 14.5 Å². The molecule has 2 N–H and O–H groups in total. The Morgan fingerprint density at radius 2 is 1.64 bits per heavy atom. The fraction of sp³-hybridized carbons (Fsp3) is 0.286. The Morgan fingerprint density at radius 1 is 0.944 bits per heavy atom. The van der Waals surface area contributed by atoms with E-state index in [-0.39, 0.29) is 23.0 Å². The number of halogens is 1. The number of hydrogen-bond acceptors (Lipinski definition) is 5. The van der Waals surface area contributed by atoms with Crippen LogP contribution in [-0.2, 0) is 4.79 Å². The van der Waals surface area contributed by atoms with Crippen LogP contribution in [0.15, 0.2) is 66.7 Å². The molecule has 0 aromatic heterocycles. The van der Waals surface area contributed by atoms with Gasteiger partial charge in [-0.2, -0.15) is 0 Å². The lowest BCUT2D eigenvalue weighted by Gasteiger charge is -2.33. The topological polar surface area (TPSA) is 88.1 Å².